The van der Waals surface area contributed by atoms with E-state index in [1.54, 1.807) is 0 Å². The lowest BCUT2D eigenvalue weighted by atomic mass is 10.0. The molecule has 0 radical (unpaired) electrons. The molecule has 0 spiro atoms. The lowest BCUT2D eigenvalue weighted by Gasteiger charge is -2.16. The molecule has 2 N–H and O–H groups in total. The van der Waals surface area contributed by atoms with Crippen LogP contribution in [-0.4, -0.2) is 28.5 Å². The molecular weight excluding hydrogens is 300 g/mol. The van der Waals surface area contributed by atoms with E-state index in [2.05, 4.69) is 21.3 Å². The van der Waals surface area contributed by atoms with E-state index in [1.165, 1.54) is 32.1 Å². The van der Waals surface area contributed by atoms with Crippen molar-refractivity contribution < 1.29 is 4.79 Å². The average Bonchev–Trinajstić information content (AvgIpc) is 3.32. The summed E-state index contributed by atoms with van der Waals surface area (Å²) >= 11 is 0. The van der Waals surface area contributed by atoms with Crippen LogP contribution in [0.5, 0.6) is 0 Å². The van der Waals surface area contributed by atoms with Gasteiger partial charge < -0.3 is 9.88 Å². The van der Waals surface area contributed by atoms with Crippen molar-refractivity contribution in [2.45, 2.75) is 51.0 Å². The van der Waals surface area contributed by atoms with E-state index in [-0.39, 0.29) is 5.91 Å². The predicted octanol–water partition coefficient (Wildman–Crippen LogP) is 3.48. The average molecular weight is 326 g/mol. The van der Waals surface area contributed by atoms with Gasteiger partial charge in [0, 0.05) is 12.5 Å². The normalized spacial score (nSPS) is 21.6. The Morgan fingerprint density at radius 1 is 1.25 bits per heavy atom. The van der Waals surface area contributed by atoms with Crippen molar-refractivity contribution in [3.63, 3.8) is 0 Å². The molecule has 1 aromatic carbocycles. The van der Waals surface area contributed by atoms with Crippen LogP contribution in [-0.2, 0) is 4.79 Å². The molecule has 4 rings (SSSR count). The maximum Gasteiger partial charge on any atom is 0.226 e. The molecule has 1 saturated heterocycles. The summed E-state index contributed by atoms with van der Waals surface area (Å²) in [5, 5.41) is 6.45. The Bertz CT molecular complexity index is 711. The van der Waals surface area contributed by atoms with Crippen molar-refractivity contribution in [2.24, 2.45) is 5.92 Å². The van der Waals surface area contributed by atoms with Gasteiger partial charge >= 0.3 is 0 Å². The van der Waals surface area contributed by atoms with Gasteiger partial charge in [0.2, 0.25) is 11.9 Å². The van der Waals surface area contributed by atoms with E-state index in [0.717, 1.165) is 36.5 Å². The summed E-state index contributed by atoms with van der Waals surface area (Å²) in [5.74, 6) is 1.47. The molecule has 2 fully saturated rings. The first-order valence-corrected chi connectivity index (χ1v) is 9.29. The quantitative estimate of drug-likeness (QED) is 0.884. The van der Waals surface area contributed by atoms with Crippen molar-refractivity contribution in [1.82, 2.24) is 14.9 Å². The van der Waals surface area contributed by atoms with E-state index < -0.39 is 0 Å². The summed E-state index contributed by atoms with van der Waals surface area (Å²) in [4.78, 5) is 17.1. The summed E-state index contributed by atoms with van der Waals surface area (Å²) in [6.45, 7) is 2.14. The van der Waals surface area contributed by atoms with Gasteiger partial charge in [-0.1, -0.05) is 25.0 Å². The van der Waals surface area contributed by atoms with Crippen molar-refractivity contribution in [3.8, 4) is 0 Å². The minimum Gasteiger partial charge on any atom is -0.316 e. The minimum atomic E-state index is 0.0939. The number of amides is 1. The second-order valence-electron chi connectivity index (χ2n) is 7.18. The second-order valence-corrected chi connectivity index (χ2v) is 7.18. The number of anilines is 1. The number of hydrogen-bond donors (Lipinski definition) is 2. The zero-order valence-corrected chi connectivity index (χ0v) is 14.1. The highest BCUT2D eigenvalue weighted by Gasteiger charge is 2.23. The van der Waals surface area contributed by atoms with Crippen LogP contribution in [0.25, 0.3) is 11.0 Å². The number of benzene rings is 1. The SMILES string of the molecule is O=C(CCC1CCNC1)Nc1nc2ccccc2n1C1CCCC1. The van der Waals surface area contributed by atoms with Crippen LogP contribution in [0.1, 0.15) is 51.0 Å². The summed E-state index contributed by atoms with van der Waals surface area (Å²) < 4.78 is 2.26. The fraction of sp³-hybridized carbons (Fsp3) is 0.579. The molecule has 1 saturated carbocycles. The highest BCUT2D eigenvalue weighted by Crippen LogP contribution is 2.35. The molecule has 1 atom stereocenters. The molecule has 1 unspecified atom stereocenters. The van der Waals surface area contributed by atoms with Gasteiger partial charge in [-0.3, -0.25) is 10.1 Å². The molecule has 2 aromatic rings. The first-order chi connectivity index (χ1) is 11.8. The van der Waals surface area contributed by atoms with Gasteiger partial charge in [-0.15, -0.1) is 0 Å². The summed E-state index contributed by atoms with van der Waals surface area (Å²) in [6.07, 6.45) is 7.61. The van der Waals surface area contributed by atoms with Gasteiger partial charge in [0.15, 0.2) is 0 Å². The molecule has 1 amide bonds. The number of carbonyl (C=O) groups excluding carboxylic acids is 1. The van der Waals surface area contributed by atoms with Crippen molar-refractivity contribution >= 4 is 22.9 Å². The van der Waals surface area contributed by atoms with Crippen LogP contribution in [0, 0.1) is 5.92 Å². The molecule has 24 heavy (non-hydrogen) atoms. The summed E-state index contributed by atoms with van der Waals surface area (Å²) in [7, 11) is 0. The number of nitrogens with one attached hydrogen (secondary N) is 2. The fourth-order valence-electron chi connectivity index (χ4n) is 4.15. The van der Waals surface area contributed by atoms with Gasteiger partial charge in [0.25, 0.3) is 0 Å². The minimum absolute atomic E-state index is 0.0939. The van der Waals surface area contributed by atoms with Crippen LogP contribution in [0.15, 0.2) is 24.3 Å². The lowest BCUT2D eigenvalue weighted by molar-refractivity contribution is -0.116. The smallest absolute Gasteiger partial charge is 0.226 e. The number of rotatable bonds is 5. The van der Waals surface area contributed by atoms with Crippen LogP contribution in [0.4, 0.5) is 5.95 Å². The Hall–Kier alpha value is -1.88. The Kier molecular flexibility index (Phi) is 4.52. The number of nitrogens with zero attached hydrogens (tertiary/aromatic N) is 2. The number of para-hydroxylation sites is 2. The molecule has 2 aliphatic rings. The molecule has 2 heterocycles. The van der Waals surface area contributed by atoms with E-state index in [1.807, 2.05) is 18.2 Å². The number of imidazole rings is 1. The molecule has 128 valence electrons. The summed E-state index contributed by atoms with van der Waals surface area (Å²) in [6, 6.07) is 8.66. The standard InChI is InChI=1S/C19H26N4O/c24-18(10-9-14-11-12-20-13-14)22-19-21-16-7-3-4-8-17(16)23(19)15-5-1-2-6-15/h3-4,7-8,14-15,20H,1-2,5-6,9-13H2,(H,21,22,24). The lowest BCUT2D eigenvalue weighted by Crippen LogP contribution is -2.18. The molecule has 1 aliphatic heterocycles. The fourth-order valence-corrected chi connectivity index (χ4v) is 4.15. The molecular formula is C19H26N4O. The van der Waals surface area contributed by atoms with E-state index in [4.69, 9.17) is 4.98 Å². The number of fused-ring (bicyclic) bond motifs is 1. The van der Waals surface area contributed by atoms with E-state index in [9.17, 15) is 4.79 Å². The Labute approximate surface area is 142 Å². The van der Waals surface area contributed by atoms with Crippen LogP contribution < -0.4 is 10.6 Å². The number of carbonyl (C=O) groups is 1. The van der Waals surface area contributed by atoms with Crippen LogP contribution in [0.3, 0.4) is 0 Å². The zero-order chi connectivity index (χ0) is 16.4. The monoisotopic (exact) mass is 326 g/mol. The largest absolute Gasteiger partial charge is 0.316 e. The van der Waals surface area contributed by atoms with Gasteiger partial charge in [0.1, 0.15) is 0 Å². The molecule has 5 heteroatoms. The molecule has 1 aliphatic carbocycles. The van der Waals surface area contributed by atoms with E-state index in [0.29, 0.717) is 18.4 Å². The molecule has 5 nitrogen and oxygen atoms in total. The predicted molar refractivity (Wildman–Crippen MR) is 96.1 cm³/mol. The zero-order valence-electron chi connectivity index (χ0n) is 14.1. The van der Waals surface area contributed by atoms with Crippen molar-refractivity contribution in [1.29, 1.82) is 0 Å². The maximum atomic E-state index is 12.4. The van der Waals surface area contributed by atoms with Crippen molar-refractivity contribution in [2.75, 3.05) is 18.4 Å². The van der Waals surface area contributed by atoms with Gasteiger partial charge in [-0.25, -0.2) is 4.98 Å². The van der Waals surface area contributed by atoms with Crippen LogP contribution in [0.2, 0.25) is 0 Å². The maximum absolute atomic E-state index is 12.4. The van der Waals surface area contributed by atoms with Crippen LogP contribution >= 0.6 is 0 Å². The third-order valence-corrected chi connectivity index (χ3v) is 5.48. The van der Waals surface area contributed by atoms with Gasteiger partial charge in [-0.05, 0) is 56.8 Å². The first-order valence-electron chi connectivity index (χ1n) is 9.29. The highest BCUT2D eigenvalue weighted by molar-refractivity contribution is 5.91. The Morgan fingerprint density at radius 2 is 2.08 bits per heavy atom. The summed E-state index contributed by atoms with van der Waals surface area (Å²) in [5.41, 5.74) is 2.11. The molecule has 0 bridgehead atoms. The molecule has 1 aromatic heterocycles. The first kappa shape index (κ1) is 15.6. The van der Waals surface area contributed by atoms with E-state index >= 15 is 0 Å². The number of hydrogen-bond acceptors (Lipinski definition) is 3. The highest BCUT2D eigenvalue weighted by atomic mass is 16.1. The third-order valence-electron chi connectivity index (χ3n) is 5.48. The Morgan fingerprint density at radius 3 is 2.88 bits per heavy atom. The third kappa shape index (κ3) is 3.18. The van der Waals surface area contributed by atoms with Gasteiger partial charge in [-0.2, -0.15) is 0 Å². The van der Waals surface area contributed by atoms with Crippen molar-refractivity contribution in [3.05, 3.63) is 24.3 Å². The van der Waals surface area contributed by atoms with Gasteiger partial charge in [0.05, 0.1) is 11.0 Å². The second kappa shape index (κ2) is 6.93. The topological polar surface area (TPSA) is 59.0 Å². The number of aromatic nitrogens is 2. The Balaban J connectivity index is 1.51.